The number of fused-ring (bicyclic) bond motifs is 1. The molecule has 0 radical (unpaired) electrons. The number of hydrogen-bond acceptors (Lipinski definition) is 4. The van der Waals surface area contributed by atoms with Gasteiger partial charge in [0, 0.05) is 28.9 Å². The molecular formula is C18H19N3O3S. The number of carbonyl (C=O) groups is 2. The molecule has 1 aromatic carbocycles. The Kier molecular flexibility index (Phi) is 5.14. The van der Waals surface area contributed by atoms with E-state index in [4.69, 9.17) is 0 Å². The lowest BCUT2D eigenvalue weighted by Crippen LogP contribution is -2.43. The van der Waals surface area contributed by atoms with Gasteiger partial charge in [-0.1, -0.05) is 25.1 Å². The molecule has 0 aliphatic rings. The normalized spacial score (nSPS) is 12.2. The molecule has 0 bridgehead atoms. The fourth-order valence-corrected chi connectivity index (χ4v) is 3.47. The molecule has 3 aromatic rings. The van der Waals surface area contributed by atoms with Crippen LogP contribution < -0.4 is 5.32 Å². The molecule has 25 heavy (non-hydrogen) atoms. The molecule has 0 aliphatic carbocycles. The molecule has 2 heterocycles. The van der Waals surface area contributed by atoms with Crippen molar-refractivity contribution in [1.29, 1.82) is 0 Å². The van der Waals surface area contributed by atoms with E-state index >= 15 is 0 Å². The van der Waals surface area contributed by atoms with Gasteiger partial charge in [0.2, 0.25) is 5.91 Å². The number of rotatable bonds is 7. The van der Waals surface area contributed by atoms with Gasteiger partial charge >= 0.3 is 5.97 Å². The fourth-order valence-electron chi connectivity index (χ4n) is 2.72. The number of aryl methyl sites for hydroxylation is 1. The van der Waals surface area contributed by atoms with Gasteiger partial charge in [0.1, 0.15) is 6.04 Å². The fraction of sp³-hybridized carbons (Fsp3) is 0.278. The van der Waals surface area contributed by atoms with E-state index in [1.54, 1.807) is 6.20 Å². The molecule has 3 N–H and O–H groups in total. The van der Waals surface area contributed by atoms with Crippen LogP contribution in [-0.4, -0.2) is 33.0 Å². The zero-order valence-electron chi connectivity index (χ0n) is 13.8. The lowest BCUT2D eigenvalue weighted by Gasteiger charge is -2.14. The minimum absolute atomic E-state index is 0.0914. The second-order valence-corrected chi connectivity index (χ2v) is 6.73. The maximum absolute atomic E-state index is 12.2. The number of thiazole rings is 1. The molecule has 0 aliphatic heterocycles. The number of carboxylic acid groups (broad SMARTS) is 1. The molecule has 2 aromatic heterocycles. The van der Waals surface area contributed by atoms with Gasteiger partial charge in [-0.05, 0) is 18.1 Å². The summed E-state index contributed by atoms with van der Waals surface area (Å²) < 4.78 is 0. The van der Waals surface area contributed by atoms with Crippen LogP contribution in [0.3, 0.4) is 0 Å². The number of carbonyl (C=O) groups excluding carboxylic acids is 1. The smallest absolute Gasteiger partial charge is 0.326 e. The lowest BCUT2D eigenvalue weighted by atomic mass is 10.0. The Balaban J connectivity index is 1.68. The predicted molar refractivity (Wildman–Crippen MR) is 96.8 cm³/mol. The van der Waals surface area contributed by atoms with Crippen molar-refractivity contribution >= 4 is 34.1 Å². The molecule has 0 saturated heterocycles. The first-order valence-corrected chi connectivity index (χ1v) is 8.95. The lowest BCUT2D eigenvalue weighted by molar-refractivity contribution is -0.141. The maximum atomic E-state index is 12.2. The van der Waals surface area contributed by atoms with Crippen LogP contribution in [-0.2, 0) is 28.9 Å². The molecule has 3 rings (SSSR count). The van der Waals surface area contributed by atoms with Crippen molar-refractivity contribution < 1.29 is 14.7 Å². The summed E-state index contributed by atoms with van der Waals surface area (Å²) in [7, 11) is 0. The van der Waals surface area contributed by atoms with Crippen LogP contribution in [0.4, 0.5) is 0 Å². The largest absolute Gasteiger partial charge is 0.480 e. The number of benzene rings is 1. The number of aromatic nitrogens is 2. The van der Waals surface area contributed by atoms with Crippen LogP contribution in [0.1, 0.15) is 23.2 Å². The molecule has 1 unspecified atom stereocenters. The number of nitrogens with one attached hydrogen (secondary N) is 2. The van der Waals surface area contributed by atoms with E-state index in [0.717, 1.165) is 27.9 Å². The van der Waals surface area contributed by atoms with Crippen LogP contribution in [0.5, 0.6) is 0 Å². The standard InChI is InChI=1S/C18H19N3O3S/c1-2-17-20-12(10-25-17)8-16(22)21-15(18(23)24)7-11-9-19-14-6-4-3-5-13(11)14/h3-6,9-10,15,19H,2,7-8H2,1H3,(H,21,22)(H,23,24). The van der Waals surface area contributed by atoms with E-state index < -0.39 is 12.0 Å². The van der Waals surface area contributed by atoms with Gasteiger partial charge in [0.05, 0.1) is 17.1 Å². The summed E-state index contributed by atoms with van der Waals surface area (Å²) in [5.74, 6) is -1.38. The first-order valence-electron chi connectivity index (χ1n) is 8.07. The molecule has 1 atom stereocenters. The van der Waals surface area contributed by atoms with Crippen molar-refractivity contribution in [3.05, 3.63) is 52.1 Å². The van der Waals surface area contributed by atoms with E-state index in [9.17, 15) is 14.7 Å². The summed E-state index contributed by atoms with van der Waals surface area (Å²) in [5, 5.41) is 15.8. The molecule has 7 heteroatoms. The average Bonchev–Trinajstić information content (AvgIpc) is 3.21. The Morgan fingerprint density at radius 2 is 2.16 bits per heavy atom. The topological polar surface area (TPSA) is 95.1 Å². The molecule has 1 amide bonds. The van der Waals surface area contributed by atoms with Gasteiger partial charge in [-0.2, -0.15) is 0 Å². The molecule has 130 valence electrons. The highest BCUT2D eigenvalue weighted by Crippen LogP contribution is 2.19. The van der Waals surface area contributed by atoms with E-state index in [0.29, 0.717) is 5.69 Å². The monoisotopic (exact) mass is 357 g/mol. The predicted octanol–water partition coefficient (Wildman–Crippen LogP) is 2.54. The minimum atomic E-state index is -1.05. The first-order chi connectivity index (χ1) is 12.1. The summed E-state index contributed by atoms with van der Waals surface area (Å²) in [6.45, 7) is 2.00. The highest BCUT2D eigenvalue weighted by molar-refractivity contribution is 7.09. The van der Waals surface area contributed by atoms with Gasteiger partial charge < -0.3 is 15.4 Å². The Hall–Kier alpha value is -2.67. The van der Waals surface area contributed by atoms with Gasteiger partial charge in [0.25, 0.3) is 0 Å². The third-order valence-electron chi connectivity index (χ3n) is 3.98. The van der Waals surface area contributed by atoms with Crippen molar-refractivity contribution in [3.63, 3.8) is 0 Å². The third kappa shape index (κ3) is 4.06. The Morgan fingerprint density at radius 3 is 2.88 bits per heavy atom. The molecular weight excluding hydrogens is 338 g/mol. The van der Waals surface area contributed by atoms with Gasteiger partial charge in [0.15, 0.2) is 0 Å². The first kappa shape index (κ1) is 17.2. The minimum Gasteiger partial charge on any atom is -0.480 e. The maximum Gasteiger partial charge on any atom is 0.326 e. The Morgan fingerprint density at radius 1 is 1.36 bits per heavy atom. The van der Waals surface area contributed by atoms with E-state index in [-0.39, 0.29) is 18.7 Å². The number of amides is 1. The SMILES string of the molecule is CCc1nc(CC(=O)NC(Cc2c[nH]c3ccccc23)C(=O)O)cs1. The van der Waals surface area contributed by atoms with E-state index in [2.05, 4.69) is 15.3 Å². The van der Waals surface area contributed by atoms with Crippen molar-refractivity contribution in [1.82, 2.24) is 15.3 Å². The van der Waals surface area contributed by atoms with Crippen LogP contribution in [0.15, 0.2) is 35.8 Å². The number of hydrogen-bond donors (Lipinski definition) is 3. The zero-order valence-corrected chi connectivity index (χ0v) is 14.6. The molecule has 0 spiro atoms. The van der Waals surface area contributed by atoms with Crippen molar-refractivity contribution in [2.45, 2.75) is 32.2 Å². The molecule has 0 saturated carbocycles. The second-order valence-electron chi connectivity index (χ2n) is 5.78. The Bertz CT molecular complexity index is 900. The quantitative estimate of drug-likeness (QED) is 0.605. The van der Waals surface area contributed by atoms with Crippen LogP contribution >= 0.6 is 11.3 Å². The summed E-state index contributed by atoms with van der Waals surface area (Å²) in [5.41, 5.74) is 2.49. The number of para-hydroxylation sites is 1. The Labute approximate surface area is 148 Å². The second kappa shape index (κ2) is 7.48. The van der Waals surface area contributed by atoms with Gasteiger partial charge in [-0.15, -0.1) is 11.3 Å². The number of carboxylic acids is 1. The molecule has 6 nitrogen and oxygen atoms in total. The summed E-state index contributed by atoms with van der Waals surface area (Å²) in [6.07, 6.45) is 2.93. The van der Waals surface area contributed by atoms with Crippen molar-refractivity contribution in [2.24, 2.45) is 0 Å². The number of aromatic amines is 1. The van der Waals surface area contributed by atoms with Gasteiger partial charge in [-0.3, -0.25) is 4.79 Å². The van der Waals surface area contributed by atoms with Crippen LogP contribution in [0, 0.1) is 0 Å². The third-order valence-corrected chi connectivity index (χ3v) is 5.02. The zero-order chi connectivity index (χ0) is 17.8. The number of nitrogens with zero attached hydrogens (tertiary/aromatic N) is 1. The van der Waals surface area contributed by atoms with Crippen LogP contribution in [0.25, 0.3) is 10.9 Å². The van der Waals surface area contributed by atoms with Crippen molar-refractivity contribution in [2.75, 3.05) is 0 Å². The number of H-pyrrole nitrogens is 1. The number of aliphatic carboxylic acids is 1. The molecule has 0 fully saturated rings. The highest BCUT2D eigenvalue weighted by Gasteiger charge is 2.22. The van der Waals surface area contributed by atoms with Gasteiger partial charge in [-0.25, -0.2) is 9.78 Å². The van der Waals surface area contributed by atoms with E-state index in [1.165, 1.54) is 11.3 Å². The van der Waals surface area contributed by atoms with E-state index in [1.807, 2.05) is 36.6 Å². The summed E-state index contributed by atoms with van der Waals surface area (Å²) in [6, 6.07) is 6.71. The van der Waals surface area contributed by atoms with Crippen LogP contribution in [0.2, 0.25) is 0 Å². The highest BCUT2D eigenvalue weighted by atomic mass is 32.1. The average molecular weight is 357 g/mol. The summed E-state index contributed by atoms with van der Waals surface area (Å²) in [4.78, 5) is 31.2. The summed E-state index contributed by atoms with van der Waals surface area (Å²) >= 11 is 1.51. The van der Waals surface area contributed by atoms with Crippen molar-refractivity contribution in [3.8, 4) is 0 Å².